The van der Waals surface area contributed by atoms with E-state index in [1.165, 1.54) is 0 Å². The molecule has 1 aromatic rings. The summed E-state index contributed by atoms with van der Waals surface area (Å²) < 4.78 is 0. The van der Waals surface area contributed by atoms with Crippen molar-refractivity contribution >= 4 is 11.6 Å². The molecule has 3 N–H and O–H groups in total. The molecule has 0 saturated carbocycles. The third-order valence-corrected chi connectivity index (χ3v) is 3.57. The van der Waals surface area contributed by atoms with Gasteiger partial charge in [0.05, 0.1) is 19.0 Å². The monoisotopic (exact) mass is 272 g/mol. The number of nitrogens with one attached hydrogen (secondary N) is 3. The molecule has 0 radical (unpaired) electrons. The van der Waals surface area contributed by atoms with Crippen LogP contribution in [-0.2, 0) is 11.2 Å². The topological polar surface area (TPSA) is 77.0 Å². The first-order valence-electron chi connectivity index (χ1n) is 6.83. The summed E-state index contributed by atoms with van der Waals surface area (Å²) in [6.07, 6.45) is 1.42. The molecule has 106 valence electrons. The van der Waals surface area contributed by atoms with Crippen molar-refractivity contribution in [2.24, 2.45) is 0 Å². The Morgan fingerprint density at radius 3 is 2.80 bits per heavy atom. The fourth-order valence-electron chi connectivity index (χ4n) is 2.26. The molecule has 1 amide bonds. The van der Waals surface area contributed by atoms with Crippen molar-refractivity contribution in [1.29, 1.82) is 5.26 Å². The predicted molar refractivity (Wildman–Crippen MR) is 78.3 cm³/mol. The van der Waals surface area contributed by atoms with E-state index in [4.69, 9.17) is 5.26 Å². The average molecular weight is 272 g/mol. The Hall–Kier alpha value is -1.90. The summed E-state index contributed by atoms with van der Waals surface area (Å²) in [4.78, 5) is 11.9. The van der Waals surface area contributed by atoms with Crippen LogP contribution in [0.25, 0.3) is 0 Å². The maximum atomic E-state index is 11.9. The normalized spacial score (nSPS) is 21.4. The maximum Gasteiger partial charge on any atom is 0.238 e. The zero-order valence-electron chi connectivity index (χ0n) is 11.7. The molecule has 1 heterocycles. The van der Waals surface area contributed by atoms with Crippen LogP contribution < -0.4 is 16.0 Å². The van der Waals surface area contributed by atoms with E-state index in [9.17, 15) is 4.79 Å². The van der Waals surface area contributed by atoms with Gasteiger partial charge in [-0.05, 0) is 37.6 Å². The molecule has 0 spiro atoms. The molecule has 0 bridgehead atoms. The Balaban J connectivity index is 1.80. The Morgan fingerprint density at radius 1 is 1.45 bits per heavy atom. The Kier molecular flexibility index (Phi) is 4.72. The largest absolute Gasteiger partial charge is 0.325 e. The standard InChI is InChI=1S/C15H20N4O/c1-15(7-9-17-11-15)18-10-14(20)19-13-4-2-12(3-5-13)6-8-16/h2-5,17-18H,6-7,9-11H2,1H3,(H,19,20). The number of nitriles is 1. The van der Waals surface area contributed by atoms with E-state index in [1.54, 1.807) is 0 Å². The van der Waals surface area contributed by atoms with Crippen LogP contribution in [0.2, 0.25) is 0 Å². The molecule has 1 saturated heterocycles. The minimum atomic E-state index is -0.0499. The number of carbonyl (C=O) groups excluding carboxylic acids is 1. The quantitative estimate of drug-likeness (QED) is 0.748. The highest BCUT2D eigenvalue weighted by Crippen LogP contribution is 2.13. The summed E-state index contributed by atoms with van der Waals surface area (Å²) in [5.74, 6) is -0.0499. The smallest absolute Gasteiger partial charge is 0.238 e. The summed E-state index contributed by atoms with van der Waals surface area (Å²) in [5, 5.41) is 18.0. The Morgan fingerprint density at radius 2 is 2.20 bits per heavy atom. The van der Waals surface area contributed by atoms with Crippen molar-refractivity contribution in [2.75, 3.05) is 25.0 Å². The predicted octanol–water partition coefficient (Wildman–Crippen LogP) is 1.03. The van der Waals surface area contributed by atoms with E-state index in [1.807, 2.05) is 24.3 Å². The van der Waals surface area contributed by atoms with E-state index in [0.717, 1.165) is 30.8 Å². The lowest BCUT2D eigenvalue weighted by atomic mass is 10.0. The molecule has 1 aromatic carbocycles. The molecule has 1 unspecified atom stereocenters. The minimum absolute atomic E-state index is 0.00793. The van der Waals surface area contributed by atoms with Crippen LogP contribution in [0, 0.1) is 11.3 Å². The first-order chi connectivity index (χ1) is 9.61. The van der Waals surface area contributed by atoms with E-state index in [-0.39, 0.29) is 11.4 Å². The molecular weight excluding hydrogens is 252 g/mol. The van der Waals surface area contributed by atoms with Gasteiger partial charge in [0.25, 0.3) is 0 Å². The van der Waals surface area contributed by atoms with Crippen LogP contribution in [0.15, 0.2) is 24.3 Å². The fourth-order valence-corrected chi connectivity index (χ4v) is 2.26. The van der Waals surface area contributed by atoms with Crippen LogP contribution in [0.1, 0.15) is 18.9 Å². The van der Waals surface area contributed by atoms with Crippen molar-refractivity contribution in [3.8, 4) is 6.07 Å². The van der Waals surface area contributed by atoms with E-state index < -0.39 is 0 Å². The third-order valence-electron chi connectivity index (χ3n) is 3.57. The number of nitrogens with zero attached hydrogens (tertiary/aromatic N) is 1. The van der Waals surface area contributed by atoms with Gasteiger partial charge in [0, 0.05) is 17.8 Å². The van der Waals surface area contributed by atoms with Crippen molar-refractivity contribution in [3.05, 3.63) is 29.8 Å². The lowest BCUT2D eigenvalue weighted by Gasteiger charge is -2.24. The van der Waals surface area contributed by atoms with Gasteiger partial charge < -0.3 is 16.0 Å². The lowest BCUT2D eigenvalue weighted by molar-refractivity contribution is -0.115. The molecule has 1 atom stereocenters. The third kappa shape index (κ3) is 4.05. The highest BCUT2D eigenvalue weighted by atomic mass is 16.1. The molecule has 1 aliphatic rings. The van der Waals surface area contributed by atoms with Crippen LogP contribution in [0.3, 0.4) is 0 Å². The molecule has 1 fully saturated rings. The number of rotatable bonds is 5. The lowest BCUT2D eigenvalue weighted by Crippen LogP contribution is -2.47. The second-order valence-corrected chi connectivity index (χ2v) is 5.42. The van der Waals surface area contributed by atoms with Gasteiger partial charge in [0.1, 0.15) is 0 Å². The number of carbonyl (C=O) groups is 1. The van der Waals surface area contributed by atoms with Crippen LogP contribution in [0.4, 0.5) is 5.69 Å². The van der Waals surface area contributed by atoms with Gasteiger partial charge in [-0.25, -0.2) is 0 Å². The number of hydrogen-bond acceptors (Lipinski definition) is 4. The highest BCUT2D eigenvalue weighted by molar-refractivity contribution is 5.92. The molecule has 0 aliphatic carbocycles. The summed E-state index contributed by atoms with van der Waals surface area (Å²) >= 11 is 0. The van der Waals surface area contributed by atoms with Crippen LogP contribution in [-0.4, -0.2) is 31.1 Å². The van der Waals surface area contributed by atoms with Crippen molar-refractivity contribution in [2.45, 2.75) is 25.3 Å². The average Bonchev–Trinajstić information content (AvgIpc) is 2.87. The van der Waals surface area contributed by atoms with Crippen LogP contribution in [0.5, 0.6) is 0 Å². The highest BCUT2D eigenvalue weighted by Gasteiger charge is 2.28. The van der Waals surface area contributed by atoms with E-state index in [0.29, 0.717) is 13.0 Å². The van der Waals surface area contributed by atoms with Gasteiger partial charge in [-0.3, -0.25) is 4.79 Å². The first-order valence-corrected chi connectivity index (χ1v) is 6.83. The van der Waals surface area contributed by atoms with Crippen molar-refractivity contribution < 1.29 is 4.79 Å². The van der Waals surface area contributed by atoms with Gasteiger partial charge in [-0.2, -0.15) is 5.26 Å². The zero-order chi connectivity index (χ0) is 14.4. The Labute approximate surface area is 119 Å². The summed E-state index contributed by atoms with van der Waals surface area (Å²) in [6, 6.07) is 9.45. The van der Waals surface area contributed by atoms with Gasteiger partial charge in [-0.1, -0.05) is 12.1 Å². The van der Waals surface area contributed by atoms with Crippen molar-refractivity contribution in [1.82, 2.24) is 10.6 Å². The van der Waals surface area contributed by atoms with Gasteiger partial charge >= 0.3 is 0 Å². The summed E-state index contributed by atoms with van der Waals surface area (Å²) in [6.45, 7) is 4.31. The molecule has 0 aromatic heterocycles. The summed E-state index contributed by atoms with van der Waals surface area (Å²) in [5.41, 5.74) is 1.72. The number of anilines is 1. The number of hydrogen-bond donors (Lipinski definition) is 3. The molecule has 5 nitrogen and oxygen atoms in total. The van der Waals surface area contributed by atoms with Crippen LogP contribution >= 0.6 is 0 Å². The molecular formula is C15H20N4O. The molecule has 20 heavy (non-hydrogen) atoms. The second kappa shape index (κ2) is 6.51. The Bertz CT molecular complexity index is 498. The van der Waals surface area contributed by atoms with Gasteiger partial charge in [0.15, 0.2) is 0 Å². The van der Waals surface area contributed by atoms with E-state index in [2.05, 4.69) is 28.9 Å². The summed E-state index contributed by atoms with van der Waals surface area (Å²) in [7, 11) is 0. The SMILES string of the molecule is CC1(NCC(=O)Nc2ccc(CC#N)cc2)CCNC1. The number of amides is 1. The molecule has 5 heteroatoms. The first kappa shape index (κ1) is 14.5. The molecule has 1 aliphatic heterocycles. The maximum absolute atomic E-state index is 11.9. The minimum Gasteiger partial charge on any atom is -0.325 e. The van der Waals surface area contributed by atoms with Gasteiger partial charge in [-0.15, -0.1) is 0 Å². The fraction of sp³-hybridized carbons (Fsp3) is 0.467. The van der Waals surface area contributed by atoms with Gasteiger partial charge in [0.2, 0.25) is 5.91 Å². The zero-order valence-corrected chi connectivity index (χ0v) is 11.7. The molecule has 2 rings (SSSR count). The number of benzene rings is 1. The van der Waals surface area contributed by atoms with E-state index >= 15 is 0 Å². The van der Waals surface area contributed by atoms with Crippen molar-refractivity contribution in [3.63, 3.8) is 0 Å². The second-order valence-electron chi connectivity index (χ2n) is 5.42.